The van der Waals surface area contributed by atoms with Gasteiger partial charge in [0.1, 0.15) is 6.33 Å². The number of pyridine rings is 1. The number of aromatic nitrogens is 3. The van der Waals surface area contributed by atoms with E-state index in [1.807, 2.05) is 0 Å². The minimum absolute atomic E-state index is 0.146. The molecule has 0 aliphatic carbocycles. The van der Waals surface area contributed by atoms with Crippen molar-refractivity contribution in [2.24, 2.45) is 0 Å². The summed E-state index contributed by atoms with van der Waals surface area (Å²) in [5.74, 6) is -0.220. The minimum Gasteiger partial charge on any atom is -0.351 e. The molecule has 0 atom stereocenters. The number of hydrogen-bond acceptors (Lipinski definition) is 7. The molecule has 2 aromatic rings. The first-order valence-corrected chi connectivity index (χ1v) is 7.89. The van der Waals surface area contributed by atoms with Gasteiger partial charge in [-0.25, -0.2) is 15.0 Å². The van der Waals surface area contributed by atoms with Gasteiger partial charge in [-0.05, 0) is 18.9 Å². The maximum Gasteiger partial charge on any atom is 0.417 e. The number of anilines is 3. The van der Waals surface area contributed by atoms with Crippen LogP contribution in [0.15, 0.2) is 18.6 Å². The highest BCUT2D eigenvalue weighted by atomic mass is 35.5. The Kier molecular flexibility index (Phi) is 4.81. The molecule has 2 aromatic heterocycles. The van der Waals surface area contributed by atoms with Gasteiger partial charge in [0.05, 0.1) is 15.5 Å². The van der Waals surface area contributed by atoms with E-state index in [0.29, 0.717) is 25.4 Å². The Morgan fingerprint density at radius 3 is 2.46 bits per heavy atom. The van der Waals surface area contributed by atoms with Crippen molar-refractivity contribution in [1.82, 2.24) is 15.0 Å². The van der Waals surface area contributed by atoms with E-state index in [1.165, 1.54) is 0 Å². The Morgan fingerprint density at radius 2 is 1.88 bits per heavy atom. The molecular formula is C14H12ClF3N6O2. The van der Waals surface area contributed by atoms with Crippen LogP contribution in [0.5, 0.6) is 0 Å². The smallest absolute Gasteiger partial charge is 0.351 e. The van der Waals surface area contributed by atoms with E-state index in [4.69, 9.17) is 11.6 Å². The first-order chi connectivity index (χ1) is 12.3. The van der Waals surface area contributed by atoms with Crippen LogP contribution in [0.2, 0.25) is 5.02 Å². The summed E-state index contributed by atoms with van der Waals surface area (Å²) in [5.41, 5.74) is -1.41. The van der Waals surface area contributed by atoms with Crippen LogP contribution in [0.4, 0.5) is 36.3 Å². The lowest BCUT2D eigenvalue weighted by Gasteiger charge is -2.17. The summed E-state index contributed by atoms with van der Waals surface area (Å²) < 4.78 is 38.1. The maximum atomic E-state index is 12.7. The molecule has 1 saturated heterocycles. The third-order valence-electron chi connectivity index (χ3n) is 3.80. The van der Waals surface area contributed by atoms with Gasteiger partial charge in [-0.2, -0.15) is 13.2 Å². The van der Waals surface area contributed by atoms with E-state index in [1.54, 1.807) is 4.90 Å². The van der Waals surface area contributed by atoms with E-state index < -0.39 is 16.7 Å². The molecule has 0 spiro atoms. The summed E-state index contributed by atoms with van der Waals surface area (Å²) in [6.07, 6.45) is -1.10. The summed E-state index contributed by atoms with van der Waals surface area (Å²) in [7, 11) is 0. The maximum absolute atomic E-state index is 12.7. The Balaban J connectivity index is 1.97. The fourth-order valence-corrected chi connectivity index (χ4v) is 2.80. The third-order valence-corrected chi connectivity index (χ3v) is 4.08. The molecule has 0 bridgehead atoms. The topological polar surface area (TPSA) is 97.1 Å². The standard InChI is InChI=1S/C14H12ClF3N6O2/c15-9-5-8(14(16,17)18)6-19-11(9)22-12-10(24(25)26)13(21-7-20-12)23-3-1-2-4-23/h5-7H,1-4H2,(H,19,20,21,22). The Bertz CT molecular complexity index is 842. The van der Waals surface area contributed by atoms with E-state index in [0.717, 1.165) is 19.2 Å². The van der Waals surface area contributed by atoms with Crippen LogP contribution in [0.1, 0.15) is 18.4 Å². The third kappa shape index (κ3) is 3.62. The monoisotopic (exact) mass is 388 g/mol. The van der Waals surface area contributed by atoms with Crippen LogP contribution in [0, 0.1) is 10.1 Å². The number of nitrogens with zero attached hydrogens (tertiary/aromatic N) is 5. The van der Waals surface area contributed by atoms with Crippen molar-refractivity contribution in [3.8, 4) is 0 Å². The molecule has 0 saturated carbocycles. The molecule has 1 aliphatic rings. The van der Waals surface area contributed by atoms with Crippen LogP contribution in [0.25, 0.3) is 0 Å². The van der Waals surface area contributed by atoms with Crippen molar-refractivity contribution in [3.63, 3.8) is 0 Å². The molecule has 0 unspecified atom stereocenters. The van der Waals surface area contributed by atoms with Crippen LogP contribution < -0.4 is 10.2 Å². The highest BCUT2D eigenvalue weighted by Gasteiger charge is 2.32. The summed E-state index contributed by atoms with van der Waals surface area (Å²) in [5, 5.41) is 13.7. The molecule has 0 amide bonds. The van der Waals surface area contributed by atoms with Crippen molar-refractivity contribution in [2.75, 3.05) is 23.3 Å². The van der Waals surface area contributed by atoms with Crippen LogP contribution in [0.3, 0.4) is 0 Å². The predicted octanol–water partition coefficient (Wildman–Crippen LogP) is 3.80. The molecule has 26 heavy (non-hydrogen) atoms. The molecule has 0 radical (unpaired) electrons. The molecule has 1 aliphatic heterocycles. The van der Waals surface area contributed by atoms with E-state index >= 15 is 0 Å². The second kappa shape index (κ2) is 6.90. The molecule has 0 aromatic carbocycles. The SMILES string of the molecule is O=[N+]([O-])c1c(Nc2ncc(C(F)(F)F)cc2Cl)ncnc1N1CCCC1. The van der Waals surface area contributed by atoms with E-state index in [-0.39, 0.29) is 28.2 Å². The fraction of sp³-hybridized carbons (Fsp3) is 0.357. The lowest BCUT2D eigenvalue weighted by molar-refractivity contribution is -0.383. The van der Waals surface area contributed by atoms with Gasteiger partial charge in [0.15, 0.2) is 5.82 Å². The van der Waals surface area contributed by atoms with Gasteiger partial charge in [0.25, 0.3) is 0 Å². The zero-order valence-corrected chi connectivity index (χ0v) is 13.9. The summed E-state index contributed by atoms with van der Waals surface area (Å²) in [4.78, 5) is 24.0. The van der Waals surface area contributed by atoms with Crippen LogP contribution in [-0.4, -0.2) is 33.0 Å². The van der Waals surface area contributed by atoms with Gasteiger partial charge in [0.2, 0.25) is 11.6 Å². The number of halogens is 4. The largest absolute Gasteiger partial charge is 0.417 e. The van der Waals surface area contributed by atoms with Gasteiger partial charge < -0.3 is 10.2 Å². The summed E-state index contributed by atoms with van der Waals surface area (Å²) in [6, 6.07) is 0.686. The lowest BCUT2D eigenvalue weighted by atomic mass is 10.2. The number of hydrogen-bond donors (Lipinski definition) is 1. The van der Waals surface area contributed by atoms with Gasteiger partial charge in [-0.1, -0.05) is 11.6 Å². The lowest BCUT2D eigenvalue weighted by Crippen LogP contribution is -2.21. The first kappa shape index (κ1) is 18.1. The summed E-state index contributed by atoms with van der Waals surface area (Å²) in [6.45, 7) is 1.24. The average Bonchev–Trinajstić information content (AvgIpc) is 3.09. The molecule has 1 fully saturated rings. The Morgan fingerprint density at radius 1 is 1.19 bits per heavy atom. The van der Waals surface area contributed by atoms with Gasteiger partial charge in [0, 0.05) is 19.3 Å². The zero-order valence-electron chi connectivity index (χ0n) is 13.1. The van der Waals surface area contributed by atoms with Crippen molar-refractivity contribution < 1.29 is 18.1 Å². The number of alkyl halides is 3. The van der Waals surface area contributed by atoms with Crippen LogP contribution in [-0.2, 0) is 6.18 Å². The molecule has 1 N–H and O–H groups in total. The molecule has 8 nitrogen and oxygen atoms in total. The van der Waals surface area contributed by atoms with E-state index in [9.17, 15) is 23.3 Å². The molecular weight excluding hydrogens is 377 g/mol. The normalized spacial score (nSPS) is 14.5. The Hall–Kier alpha value is -2.69. The van der Waals surface area contributed by atoms with Crippen molar-refractivity contribution in [1.29, 1.82) is 0 Å². The summed E-state index contributed by atoms with van der Waals surface area (Å²) >= 11 is 5.84. The van der Waals surface area contributed by atoms with Crippen molar-refractivity contribution in [2.45, 2.75) is 19.0 Å². The van der Waals surface area contributed by atoms with Gasteiger partial charge >= 0.3 is 11.9 Å². The van der Waals surface area contributed by atoms with E-state index in [2.05, 4.69) is 20.3 Å². The van der Waals surface area contributed by atoms with Gasteiger partial charge in [-0.3, -0.25) is 10.1 Å². The number of nitrogens with one attached hydrogen (secondary N) is 1. The van der Waals surface area contributed by atoms with Crippen molar-refractivity contribution >= 4 is 34.7 Å². The number of rotatable bonds is 4. The quantitative estimate of drug-likeness (QED) is 0.628. The highest BCUT2D eigenvalue weighted by Crippen LogP contribution is 2.37. The highest BCUT2D eigenvalue weighted by molar-refractivity contribution is 6.33. The Labute approximate surface area is 150 Å². The molecule has 3 rings (SSSR count). The zero-order chi connectivity index (χ0) is 18.9. The molecule has 12 heteroatoms. The predicted molar refractivity (Wildman–Crippen MR) is 87.7 cm³/mol. The molecule has 3 heterocycles. The number of nitro groups is 1. The second-order valence-electron chi connectivity index (χ2n) is 5.52. The van der Waals surface area contributed by atoms with Gasteiger partial charge in [-0.15, -0.1) is 0 Å². The minimum atomic E-state index is -4.60. The van der Waals surface area contributed by atoms with Crippen molar-refractivity contribution in [3.05, 3.63) is 39.3 Å². The molecule has 138 valence electrons. The first-order valence-electron chi connectivity index (χ1n) is 7.51. The second-order valence-corrected chi connectivity index (χ2v) is 5.93. The average molecular weight is 389 g/mol. The van der Waals surface area contributed by atoms with Crippen LogP contribution >= 0.6 is 11.6 Å². The fourth-order valence-electron chi connectivity index (χ4n) is 2.59.